The normalized spacial score (nSPS) is 10.5. The number of hydrogen-bond donors (Lipinski definition) is 3. The second kappa shape index (κ2) is 7.40. The van der Waals surface area contributed by atoms with Crippen LogP contribution in [0.1, 0.15) is 24.3 Å². The lowest BCUT2D eigenvalue weighted by molar-refractivity contribution is -0.135. The molecule has 0 saturated heterocycles. The Morgan fingerprint density at radius 1 is 1.29 bits per heavy atom. The fourth-order valence-electron chi connectivity index (χ4n) is 1.94. The molecule has 1 amide bonds. The van der Waals surface area contributed by atoms with E-state index in [1.54, 1.807) is 24.3 Å². The maximum atomic E-state index is 11.9. The molecule has 24 heavy (non-hydrogen) atoms. The zero-order chi connectivity index (χ0) is 17.7. The van der Waals surface area contributed by atoms with Crippen LogP contribution in [0.15, 0.2) is 30.5 Å². The van der Waals surface area contributed by atoms with E-state index in [9.17, 15) is 14.7 Å². The minimum atomic E-state index is -1.21. The van der Waals surface area contributed by atoms with Crippen LogP contribution in [0, 0.1) is 0 Å². The van der Waals surface area contributed by atoms with Crippen molar-refractivity contribution in [3.05, 3.63) is 36.2 Å². The van der Waals surface area contributed by atoms with Crippen molar-refractivity contribution in [1.29, 1.82) is 0 Å². The molecule has 0 atom stereocenters. The zero-order valence-electron chi connectivity index (χ0n) is 13.2. The van der Waals surface area contributed by atoms with Crippen molar-refractivity contribution in [1.82, 2.24) is 15.3 Å². The van der Waals surface area contributed by atoms with E-state index in [1.165, 1.54) is 6.20 Å². The number of carbonyl (C=O) groups is 2. The molecule has 0 aliphatic rings. The minimum Gasteiger partial charge on any atom is -0.492 e. The predicted octanol–water partition coefficient (Wildman–Crippen LogP) is 1.45. The van der Waals surface area contributed by atoms with E-state index in [-0.39, 0.29) is 11.8 Å². The number of aromatic nitrogens is 2. The van der Waals surface area contributed by atoms with Gasteiger partial charge in [-0.2, -0.15) is 0 Å². The van der Waals surface area contributed by atoms with Crippen LogP contribution >= 0.6 is 0 Å². The molecule has 0 spiro atoms. The Balaban J connectivity index is 2.38. The molecule has 1 aromatic heterocycles. The third-order valence-corrected chi connectivity index (χ3v) is 2.89. The average Bonchev–Trinajstić information content (AvgIpc) is 2.53. The highest BCUT2D eigenvalue weighted by atomic mass is 16.5. The third kappa shape index (κ3) is 4.19. The monoisotopic (exact) mass is 331 g/mol. The quantitative estimate of drug-likeness (QED) is 0.732. The van der Waals surface area contributed by atoms with Gasteiger partial charge in [-0.25, -0.2) is 9.97 Å². The van der Waals surface area contributed by atoms with Crippen molar-refractivity contribution < 1.29 is 24.5 Å². The number of amides is 1. The lowest BCUT2D eigenvalue weighted by atomic mass is 10.1. The SMILES string of the molecule is CC(C)Oc1ccccc1-c1cnc(O)c(C(=O)NCC(=O)O)n1. The van der Waals surface area contributed by atoms with Gasteiger partial charge in [-0.05, 0) is 26.0 Å². The first-order chi connectivity index (χ1) is 11.4. The van der Waals surface area contributed by atoms with Gasteiger partial charge < -0.3 is 20.3 Å². The fraction of sp³-hybridized carbons (Fsp3) is 0.250. The van der Waals surface area contributed by atoms with Crippen LogP contribution in [0.3, 0.4) is 0 Å². The number of aliphatic carboxylic acids is 1. The van der Waals surface area contributed by atoms with Crippen LogP contribution in [0.25, 0.3) is 11.3 Å². The first-order valence-electron chi connectivity index (χ1n) is 7.20. The summed E-state index contributed by atoms with van der Waals surface area (Å²) in [6.45, 7) is 3.17. The lowest BCUT2D eigenvalue weighted by Crippen LogP contribution is -2.30. The minimum absolute atomic E-state index is 0.0606. The molecule has 0 fully saturated rings. The molecule has 8 heteroatoms. The van der Waals surface area contributed by atoms with Gasteiger partial charge >= 0.3 is 5.97 Å². The number of benzene rings is 1. The third-order valence-electron chi connectivity index (χ3n) is 2.89. The summed E-state index contributed by atoms with van der Waals surface area (Å²) in [5.74, 6) is -2.05. The molecule has 0 unspecified atom stereocenters. The summed E-state index contributed by atoms with van der Waals surface area (Å²) in [5.41, 5.74) is 0.573. The Kier molecular flexibility index (Phi) is 5.31. The fourth-order valence-corrected chi connectivity index (χ4v) is 1.94. The summed E-state index contributed by atoms with van der Waals surface area (Å²) in [4.78, 5) is 30.3. The molecule has 126 valence electrons. The van der Waals surface area contributed by atoms with E-state index in [0.29, 0.717) is 17.0 Å². The number of para-hydroxylation sites is 1. The summed E-state index contributed by atoms with van der Waals surface area (Å²) in [6.07, 6.45) is 1.25. The Bertz CT molecular complexity index is 761. The summed E-state index contributed by atoms with van der Waals surface area (Å²) in [7, 11) is 0. The van der Waals surface area contributed by atoms with Gasteiger partial charge in [0.15, 0.2) is 5.69 Å². The summed E-state index contributed by atoms with van der Waals surface area (Å²) >= 11 is 0. The largest absolute Gasteiger partial charge is 0.492 e. The van der Waals surface area contributed by atoms with Gasteiger partial charge in [0.2, 0.25) is 5.88 Å². The molecule has 2 rings (SSSR count). The number of aromatic hydroxyl groups is 1. The van der Waals surface area contributed by atoms with Crippen LogP contribution < -0.4 is 10.1 Å². The van der Waals surface area contributed by atoms with Crippen molar-refractivity contribution in [3.8, 4) is 22.9 Å². The standard InChI is InChI=1S/C16H17N3O5/c1-9(2)24-12-6-4-3-5-10(12)11-7-17-15(22)14(19-11)16(23)18-8-13(20)21/h3-7,9H,8H2,1-2H3,(H,17,22)(H,18,23)(H,20,21). The van der Waals surface area contributed by atoms with E-state index in [2.05, 4.69) is 15.3 Å². The van der Waals surface area contributed by atoms with Gasteiger partial charge in [0.05, 0.1) is 18.0 Å². The van der Waals surface area contributed by atoms with Crippen LogP contribution in [0.5, 0.6) is 11.6 Å². The molecule has 3 N–H and O–H groups in total. The number of nitrogens with one attached hydrogen (secondary N) is 1. The molecule has 2 aromatic rings. The number of carboxylic acid groups (broad SMARTS) is 1. The van der Waals surface area contributed by atoms with Crippen molar-refractivity contribution in [2.45, 2.75) is 20.0 Å². The molecule has 1 heterocycles. The van der Waals surface area contributed by atoms with Gasteiger partial charge in [0.1, 0.15) is 12.3 Å². The number of hydrogen-bond acceptors (Lipinski definition) is 6. The molecule has 0 radical (unpaired) electrons. The number of nitrogens with zero attached hydrogens (tertiary/aromatic N) is 2. The van der Waals surface area contributed by atoms with Crippen molar-refractivity contribution >= 4 is 11.9 Å². The molecule has 0 aliphatic carbocycles. The van der Waals surface area contributed by atoms with E-state index in [0.717, 1.165) is 0 Å². The smallest absolute Gasteiger partial charge is 0.322 e. The molecular weight excluding hydrogens is 314 g/mol. The number of carbonyl (C=O) groups excluding carboxylic acids is 1. The Labute approximate surface area is 138 Å². The van der Waals surface area contributed by atoms with Crippen molar-refractivity contribution in [2.75, 3.05) is 6.54 Å². The molecule has 1 aromatic carbocycles. The second-order valence-electron chi connectivity index (χ2n) is 5.17. The van der Waals surface area contributed by atoms with E-state index in [1.807, 2.05) is 13.8 Å². The van der Waals surface area contributed by atoms with Gasteiger partial charge in [-0.1, -0.05) is 12.1 Å². The molecule has 0 bridgehead atoms. The van der Waals surface area contributed by atoms with Gasteiger partial charge in [-0.3, -0.25) is 9.59 Å². The van der Waals surface area contributed by atoms with E-state index >= 15 is 0 Å². The summed E-state index contributed by atoms with van der Waals surface area (Å²) < 4.78 is 5.70. The Hall–Kier alpha value is -3.16. The molecule has 0 saturated carbocycles. The lowest BCUT2D eigenvalue weighted by Gasteiger charge is -2.14. The van der Waals surface area contributed by atoms with E-state index < -0.39 is 24.3 Å². The Morgan fingerprint density at radius 3 is 2.67 bits per heavy atom. The molecule has 0 aliphatic heterocycles. The number of ether oxygens (including phenoxy) is 1. The van der Waals surface area contributed by atoms with Gasteiger partial charge in [-0.15, -0.1) is 0 Å². The van der Waals surface area contributed by atoms with Crippen LogP contribution in [-0.4, -0.2) is 44.7 Å². The maximum absolute atomic E-state index is 11.9. The summed E-state index contributed by atoms with van der Waals surface area (Å²) in [6, 6.07) is 7.09. The summed E-state index contributed by atoms with van der Waals surface area (Å²) in [5, 5.41) is 20.5. The van der Waals surface area contributed by atoms with Crippen LogP contribution in [0.2, 0.25) is 0 Å². The second-order valence-corrected chi connectivity index (χ2v) is 5.17. The van der Waals surface area contributed by atoms with E-state index in [4.69, 9.17) is 9.84 Å². The van der Waals surface area contributed by atoms with Crippen molar-refractivity contribution in [2.24, 2.45) is 0 Å². The first kappa shape index (κ1) is 17.2. The van der Waals surface area contributed by atoms with Crippen LogP contribution in [-0.2, 0) is 4.79 Å². The highest BCUT2D eigenvalue weighted by Gasteiger charge is 2.18. The van der Waals surface area contributed by atoms with Crippen LogP contribution in [0.4, 0.5) is 0 Å². The highest BCUT2D eigenvalue weighted by molar-refractivity contribution is 5.96. The highest BCUT2D eigenvalue weighted by Crippen LogP contribution is 2.30. The van der Waals surface area contributed by atoms with Gasteiger partial charge in [0, 0.05) is 5.56 Å². The molecule has 8 nitrogen and oxygen atoms in total. The predicted molar refractivity (Wildman–Crippen MR) is 84.9 cm³/mol. The average molecular weight is 331 g/mol. The molecular formula is C16H17N3O5. The Morgan fingerprint density at radius 2 is 2.00 bits per heavy atom. The number of carboxylic acids is 1. The topological polar surface area (TPSA) is 122 Å². The van der Waals surface area contributed by atoms with Crippen molar-refractivity contribution in [3.63, 3.8) is 0 Å². The first-order valence-corrected chi connectivity index (χ1v) is 7.20. The number of rotatable bonds is 6. The van der Waals surface area contributed by atoms with Gasteiger partial charge in [0.25, 0.3) is 5.91 Å². The zero-order valence-corrected chi connectivity index (χ0v) is 13.2. The maximum Gasteiger partial charge on any atom is 0.322 e.